The standard InChI is InChI=1S/C10H10BrN5O/c1-16-9(13-14-15-16)6-12-10(17)7-3-2-4-8(11)5-7/h2-5H,6H2,1H3,(H,12,17). The van der Waals surface area contributed by atoms with Crippen molar-refractivity contribution in [3.05, 3.63) is 40.1 Å². The van der Waals surface area contributed by atoms with E-state index in [0.29, 0.717) is 17.9 Å². The quantitative estimate of drug-likeness (QED) is 0.913. The maximum atomic E-state index is 11.8. The first-order chi connectivity index (χ1) is 8.16. The Morgan fingerprint density at radius 2 is 2.35 bits per heavy atom. The Morgan fingerprint density at radius 3 is 3.00 bits per heavy atom. The van der Waals surface area contributed by atoms with Gasteiger partial charge in [-0.3, -0.25) is 4.79 Å². The van der Waals surface area contributed by atoms with Crippen LogP contribution in [-0.4, -0.2) is 26.1 Å². The van der Waals surface area contributed by atoms with Crippen LogP contribution in [0.1, 0.15) is 16.2 Å². The summed E-state index contributed by atoms with van der Waals surface area (Å²) in [7, 11) is 1.72. The Balaban J connectivity index is 2.01. The van der Waals surface area contributed by atoms with E-state index < -0.39 is 0 Å². The van der Waals surface area contributed by atoms with Gasteiger partial charge in [-0.1, -0.05) is 22.0 Å². The molecule has 0 aliphatic carbocycles. The van der Waals surface area contributed by atoms with Gasteiger partial charge in [0.25, 0.3) is 5.91 Å². The number of hydrogen-bond acceptors (Lipinski definition) is 4. The fourth-order valence-corrected chi connectivity index (χ4v) is 1.69. The van der Waals surface area contributed by atoms with Crippen molar-refractivity contribution in [3.63, 3.8) is 0 Å². The first kappa shape index (κ1) is 11.7. The summed E-state index contributed by atoms with van der Waals surface area (Å²) < 4.78 is 2.38. The van der Waals surface area contributed by atoms with Crippen LogP contribution in [0.5, 0.6) is 0 Å². The Bertz CT molecular complexity index is 539. The van der Waals surface area contributed by atoms with Crippen LogP contribution in [0, 0.1) is 0 Å². The summed E-state index contributed by atoms with van der Waals surface area (Å²) in [6, 6.07) is 7.17. The van der Waals surface area contributed by atoms with Crippen LogP contribution in [0.25, 0.3) is 0 Å². The van der Waals surface area contributed by atoms with Gasteiger partial charge in [-0.15, -0.1) is 5.10 Å². The molecule has 0 atom stereocenters. The molecule has 2 rings (SSSR count). The molecule has 0 unspecified atom stereocenters. The molecular weight excluding hydrogens is 286 g/mol. The second-order valence-corrected chi connectivity index (χ2v) is 4.33. The first-order valence-electron chi connectivity index (χ1n) is 4.92. The highest BCUT2D eigenvalue weighted by Crippen LogP contribution is 2.11. The molecule has 1 amide bonds. The molecule has 1 N–H and O–H groups in total. The number of nitrogens with one attached hydrogen (secondary N) is 1. The van der Waals surface area contributed by atoms with E-state index in [1.807, 2.05) is 12.1 Å². The Hall–Kier alpha value is -1.76. The van der Waals surface area contributed by atoms with Gasteiger partial charge in [0.1, 0.15) is 0 Å². The summed E-state index contributed by atoms with van der Waals surface area (Å²) in [5.74, 6) is 0.447. The fraction of sp³-hybridized carbons (Fsp3) is 0.200. The van der Waals surface area contributed by atoms with Crippen molar-refractivity contribution in [1.82, 2.24) is 25.5 Å². The van der Waals surface area contributed by atoms with E-state index in [-0.39, 0.29) is 5.91 Å². The predicted octanol–water partition coefficient (Wildman–Crippen LogP) is 0.903. The van der Waals surface area contributed by atoms with Crippen LogP contribution >= 0.6 is 15.9 Å². The molecule has 0 spiro atoms. The van der Waals surface area contributed by atoms with E-state index in [1.165, 1.54) is 4.68 Å². The number of aromatic nitrogens is 4. The van der Waals surface area contributed by atoms with Crippen molar-refractivity contribution in [2.24, 2.45) is 7.05 Å². The molecule has 6 nitrogen and oxygen atoms in total. The minimum absolute atomic E-state index is 0.158. The van der Waals surface area contributed by atoms with Crippen molar-refractivity contribution in [1.29, 1.82) is 0 Å². The van der Waals surface area contributed by atoms with Crippen LogP contribution in [0.4, 0.5) is 0 Å². The van der Waals surface area contributed by atoms with Gasteiger partial charge >= 0.3 is 0 Å². The van der Waals surface area contributed by atoms with Gasteiger partial charge in [0, 0.05) is 17.1 Å². The molecular formula is C10H10BrN5O. The van der Waals surface area contributed by atoms with Gasteiger partial charge in [-0.25, -0.2) is 4.68 Å². The normalized spacial score (nSPS) is 10.2. The molecule has 2 aromatic rings. The van der Waals surface area contributed by atoms with Crippen molar-refractivity contribution < 1.29 is 4.79 Å². The van der Waals surface area contributed by atoms with E-state index >= 15 is 0 Å². The number of amides is 1. The maximum Gasteiger partial charge on any atom is 0.251 e. The predicted molar refractivity (Wildman–Crippen MR) is 64.1 cm³/mol. The van der Waals surface area contributed by atoms with Gasteiger partial charge in [-0.05, 0) is 28.6 Å². The lowest BCUT2D eigenvalue weighted by Crippen LogP contribution is -2.24. The Morgan fingerprint density at radius 1 is 1.53 bits per heavy atom. The molecule has 1 aromatic heterocycles. The summed E-state index contributed by atoms with van der Waals surface area (Å²) >= 11 is 3.32. The maximum absolute atomic E-state index is 11.8. The number of carbonyl (C=O) groups is 1. The fourth-order valence-electron chi connectivity index (χ4n) is 1.29. The SMILES string of the molecule is Cn1nnnc1CNC(=O)c1cccc(Br)c1. The molecule has 0 bridgehead atoms. The van der Waals surface area contributed by atoms with Crippen LogP contribution in [-0.2, 0) is 13.6 Å². The van der Waals surface area contributed by atoms with Gasteiger partial charge in [0.2, 0.25) is 0 Å². The molecule has 17 heavy (non-hydrogen) atoms. The second kappa shape index (κ2) is 5.05. The molecule has 7 heteroatoms. The number of aryl methyl sites for hydroxylation is 1. The molecule has 0 saturated heterocycles. The number of carbonyl (C=O) groups excluding carboxylic acids is 1. The van der Waals surface area contributed by atoms with Gasteiger partial charge in [0.15, 0.2) is 5.82 Å². The Kier molecular flexibility index (Phi) is 3.48. The van der Waals surface area contributed by atoms with Crippen LogP contribution in [0.15, 0.2) is 28.7 Å². The van der Waals surface area contributed by atoms with E-state index in [0.717, 1.165) is 4.47 Å². The molecule has 0 saturated carbocycles. The molecule has 1 heterocycles. The third kappa shape index (κ3) is 2.88. The number of hydrogen-bond donors (Lipinski definition) is 1. The minimum Gasteiger partial charge on any atom is -0.345 e. The zero-order chi connectivity index (χ0) is 12.3. The number of halogens is 1. The Labute approximate surface area is 106 Å². The number of benzene rings is 1. The number of nitrogens with zero attached hydrogens (tertiary/aromatic N) is 4. The van der Waals surface area contributed by atoms with E-state index in [4.69, 9.17) is 0 Å². The average Bonchev–Trinajstić information content (AvgIpc) is 2.72. The van der Waals surface area contributed by atoms with E-state index in [2.05, 4.69) is 36.8 Å². The number of rotatable bonds is 3. The van der Waals surface area contributed by atoms with Crippen molar-refractivity contribution >= 4 is 21.8 Å². The second-order valence-electron chi connectivity index (χ2n) is 3.41. The lowest BCUT2D eigenvalue weighted by molar-refractivity contribution is 0.0949. The smallest absolute Gasteiger partial charge is 0.251 e. The third-order valence-corrected chi connectivity index (χ3v) is 2.69. The summed E-state index contributed by atoms with van der Waals surface area (Å²) in [5.41, 5.74) is 0.592. The molecule has 0 aliphatic rings. The summed E-state index contributed by atoms with van der Waals surface area (Å²) in [5, 5.41) is 13.7. The average molecular weight is 296 g/mol. The van der Waals surface area contributed by atoms with Crippen molar-refractivity contribution in [2.45, 2.75) is 6.54 Å². The number of tetrazole rings is 1. The third-order valence-electron chi connectivity index (χ3n) is 2.20. The molecule has 0 aliphatic heterocycles. The lowest BCUT2D eigenvalue weighted by Gasteiger charge is -2.04. The highest BCUT2D eigenvalue weighted by atomic mass is 79.9. The first-order valence-corrected chi connectivity index (χ1v) is 5.71. The van der Waals surface area contributed by atoms with Crippen molar-refractivity contribution in [3.8, 4) is 0 Å². The van der Waals surface area contributed by atoms with Gasteiger partial charge < -0.3 is 5.32 Å². The van der Waals surface area contributed by atoms with Gasteiger partial charge in [-0.2, -0.15) is 0 Å². The summed E-state index contributed by atoms with van der Waals surface area (Å²) in [6.07, 6.45) is 0. The highest BCUT2D eigenvalue weighted by molar-refractivity contribution is 9.10. The summed E-state index contributed by atoms with van der Waals surface area (Å²) in [6.45, 7) is 0.300. The molecule has 0 radical (unpaired) electrons. The minimum atomic E-state index is -0.158. The molecule has 88 valence electrons. The van der Waals surface area contributed by atoms with E-state index in [9.17, 15) is 4.79 Å². The molecule has 0 fully saturated rings. The van der Waals surface area contributed by atoms with Crippen LogP contribution in [0.3, 0.4) is 0 Å². The zero-order valence-corrected chi connectivity index (χ0v) is 10.7. The molecule has 1 aromatic carbocycles. The monoisotopic (exact) mass is 295 g/mol. The van der Waals surface area contributed by atoms with Crippen LogP contribution < -0.4 is 5.32 Å². The van der Waals surface area contributed by atoms with Crippen molar-refractivity contribution in [2.75, 3.05) is 0 Å². The summed E-state index contributed by atoms with van der Waals surface area (Å²) in [4.78, 5) is 11.8. The van der Waals surface area contributed by atoms with E-state index in [1.54, 1.807) is 19.2 Å². The topological polar surface area (TPSA) is 72.7 Å². The van der Waals surface area contributed by atoms with Gasteiger partial charge in [0.05, 0.1) is 6.54 Å². The largest absolute Gasteiger partial charge is 0.345 e. The van der Waals surface area contributed by atoms with Crippen LogP contribution in [0.2, 0.25) is 0 Å². The highest BCUT2D eigenvalue weighted by Gasteiger charge is 2.07. The zero-order valence-electron chi connectivity index (χ0n) is 9.09. The lowest BCUT2D eigenvalue weighted by atomic mass is 10.2.